The lowest BCUT2D eigenvalue weighted by molar-refractivity contribution is 0.191. The smallest absolute Gasteiger partial charge is 0.120 e. The van der Waals surface area contributed by atoms with Crippen molar-refractivity contribution < 1.29 is 4.74 Å². The first-order valence-corrected chi connectivity index (χ1v) is 8.83. The van der Waals surface area contributed by atoms with Gasteiger partial charge in [-0.15, -0.1) is 0 Å². The molecule has 0 aliphatic heterocycles. The minimum atomic E-state index is 0.315. The fourth-order valence-corrected chi connectivity index (χ4v) is 2.92. The summed E-state index contributed by atoms with van der Waals surface area (Å²) >= 11 is 3.48. The molecule has 0 radical (unpaired) electrons. The van der Waals surface area contributed by atoms with E-state index in [9.17, 15) is 0 Å². The molecule has 0 saturated heterocycles. The quantitative estimate of drug-likeness (QED) is 0.617. The van der Waals surface area contributed by atoms with E-state index in [4.69, 9.17) is 4.74 Å². The maximum Gasteiger partial charge on any atom is 0.120 e. The van der Waals surface area contributed by atoms with Crippen molar-refractivity contribution in [3.63, 3.8) is 0 Å². The van der Waals surface area contributed by atoms with Gasteiger partial charge in [-0.2, -0.15) is 0 Å². The van der Waals surface area contributed by atoms with Crippen molar-refractivity contribution in [2.24, 2.45) is 11.3 Å². The number of halogens is 1. The summed E-state index contributed by atoms with van der Waals surface area (Å²) in [4.78, 5) is 0. The van der Waals surface area contributed by atoms with Crippen LogP contribution in [0.25, 0.3) is 0 Å². The first-order valence-electron chi connectivity index (χ1n) is 8.04. The van der Waals surface area contributed by atoms with Crippen molar-refractivity contribution in [1.82, 2.24) is 5.32 Å². The van der Waals surface area contributed by atoms with Crippen LogP contribution in [0.1, 0.15) is 47.0 Å². The van der Waals surface area contributed by atoms with Crippen molar-refractivity contribution in [1.29, 1.82) is 0 Å². The van der Waals surface area contributed by atoms with E-state index >= 15 is 0 Å². The molecule has 0 bridgehead atoms. The van der Waals surface area contributed by atoms with E-state index in [1.54, 1.807) is 0 Å². The van der Waals surface area contributed by atoms with E-state index in [0.717, 1.165) is 36.3 Å². The largest absolute Gasteiger partial charge is 0.494 e. The zero-order valence-corrected chi connectivity index (χ0v) is 15.5. The first kappa shape index (κ1) is 18.5. The third kappa shape index (κ3) is 7.87. The third-order valence-corrected chi connectivity index (χ3v) is 4.22. The Hall–Kier alpha value is -0.540. The fourth-order valence-electron chi connectivity index (χ4n) is 2.54. The second-order valence-electron chi connectivity index (χ2n) is 6.64. The zero-order valence-electron chi connectivity index (χ0n) is 13.9. The van der Waals surface area contributed by atoms with E-state index in [2.05, 4.69) is 48.9 Å². The monoisotopic (exact) mass is 355 g/mol. The van der Waals surface area contributed by atoms with E-state index in [-0.39, 0.29) is 0 Å². The van der Waals surface area contributed by atoms with E-state index in [0.29, 0.717) is 11.3 Å². The molecule has 0 fully saturated rings. The highest BCUT2D eigenvalue weighted by Gasteiger charge is 2.23. The van der Waals surface area contributed by atoms with Crippen molar-refractivity contribution in [3.8, 4) is 5.75 Å². The van der Waals surface area contributed by atoms with Crippen LogP contribution in [0.5, 0.6) is 5.75 Å². The highest BCUT2D eigenvalue weighted by Crippen LogP contribution is 2.27. The third-order valence-electron chi connectivity index (χ3n) is 3.73. The van der Waals surface area contributed by atoms with Gasteiger partial charge in [0.15, 0.2) is 0 Å². The predicted octanol–water partition coefficient (Wildman–Crippen LogP) is 5.27. The van der Waals surface area contributed by atoms with Gasteiger partial charge < -0.3 is 10.1 Å². The SMILES string of the molecule is CCCC(C)(CCOc1cccc(Br)c1)CNCC(C)C. The Labute approximate surface area is 138 Å². The van der Waals surface area contributed by atoms with Crippen LogP contribution in [0.4, 0.5) is 0 Å². The number of hydrogen-bond donors (Lipinski definition) is 1. The molecule has 120 valence electrons. The molecule has 2 nitrogen and oxygen atoms in total. The lowest BCUT2D eigenvalue weighted by Crippen LogP contribution is -2.35. The van der Waals surface area contributed by atoms with Gasteiger partial charge in [0.2, 0.25) is 0 Å². The number of hydrogen-bond acceptors (Lipinski definition) is 2. The molecule has 0 amide bonds. The topological polar surface area (TPSA) is 21.3 Å². The summed E-state index contributed by atoms with van der Waals surface area (Å²) in [5.74, 6) is 1.65. The molecule has 1 rings (SSSR count). The lowest BCUT2D eigenvalue weighted by atomic mass is 9.82. The Kier molecular flexibility index (Phi) is 8.35. The molecule has 21 heavy (non-hydrogen) atoms. The molecule has 1 atom stereocenters. The number of nitrogens with one attached hydrogen (secondary N) is 1. The van der Waals surface area contributed by atoms with Crippen LogP contribution in [-0.4, -0.2) is 19.7 Å². The Morgan fingerprint density at radius 3 is 2.67 bits per heavy atom. The Morgan fingerprint density at radius 2 is 2.05 bits per heavy atom. The van der Waals surface area contributed by atoms with Gasteiger partial charge in [-0.25, -0.2) is 0 Å². The second kappa shape index (κ2) is 9.47. The molecule has 0 aliphatic rings. The van der Waals surface area contributed by atoms with Crippen molar-refractivity contribution in [3.05, 3.63) is 28.7 Å². The summed E-state index contributed by atoms with van der Waals surface area (Å²) in [6.45, 7) is 12.1. The minimum Gasteiger partial charge on any atom is -0.494 e. The number of rotatable bonds is 10. The van der Waals surface area contributed by atoms with E-state index in [1.807, 2.05) is 24.3 Å². The normalized spacial score (nSPS) is 14.2. The van der Waals surface area contributed by atoms with Gasteiger partial charge in [-0.05, 0) is 48.9 Å². The second-order valence-corrected chi connectivity index (χ2v) is 7.56. The molecule has 1 aromatic rings. The molecule has 0 aromatic heterocycles. The predicted molar refractivity (Wildman–Crippen MR) is 95.0 cm³/mol. The Balaban J connectivity index is 2.42. The summed E-state index contributed by atoms with van der Waals surface area (Å²) < 4.78 is 6.96. The van der Waals surface area contributed by atoms with Crippen LogP contribution >= 0.6 is 15.9 Å². The Morgan fingerprint density at radius 1 is 1.29 bits per heavy atom. The molecule has 0 aliphatic carbocycles. The molecule has 3 heteroatoms. The van der Waals surface area contributed by atoms with Gasteiger partial charge in [0.05, 0.1) is 6.61 Å². The standard InChI is InChI=1S/C18H30BrNO/c1-5-9-18(4,14-20-13-15(2)3)10-11-21-17-8-6-7-16(19)12-17/h6-8,12,15,20H,5,9-11,13-14H2,1-4H3. The van der Waals surface area contributed by atoms with Crippen LogP contribution in [0.15, 0.2) is 28.7 Å². The molecule has 1 unspecified atom stereocenters. The Bertz CT molecular complexity index is 408. The van der Waals surface area contributed by atoms with Gasteiger partial charge in [0.1, 0.15) is 5.75 Å². The average molecular weight is 356 g/mol. The summed E-state index contributed by atoms with van der Waals surface area (Å²) in [5, 5.41) is 3.60. The van der Waals surface area contributed by atoms with Crippen LogP contribution in [0.2, 0.25) is 0 Å². The van der Waals surface area contributed by atoms with Crippen molar-refractivity contribution in [2.45, 2.75) is 47.0 Å². The fraction of sp³-hybridized carbons (Fsp3) is 0.667. The summed E-state index contributed by atoms with van der Waals surface area (Å²) in [7, 11) is 0. The van der Waals surface area contributed by atoms with E-state index < -0.39 is 0 Å². The average Bonchev–Trinajstić information content (AvgIpc) is 2.38. The molecular formula is C18H30BrNO. The molecule has 1 aromatic carbocycles. The highest BCUT2D eigenvalue weighted by molar-refractivity contribution is 9.10. The summed E-state index contributed by atoms with van der Waals surface area (Å²) in [6.07, 6.45) is 3.54. The van der Waals surface area contributed by atoms with Gasteiger partial charge in [-0.1, -0.05) is 56.1 Å². The van der Waals surface area contributed by atoms with Crippen LogP contribution < -0.4 is 10.1 Å². The molecule has 0 spiro atoms. The van der Waals surface area contributed by atoms with Gasteiger partial charge in [0, 0.05) is 11.0 Å². The summed E-state index contributed by atoms with van der Waals surface area (Å²) in [5.41, 5.74) is 0.315. The summed E-state index contributed by atoms with van der Waals surface area (Å²) in [6, 6.07) is 8.06. The highest BCUT2D eigenvalue weighted by atomic mass is 79.9. The van der Waals surface area contributed by atoms with Gasteiger partial charge in [0.25, 0.3) is 0 Å². The lowest BCUT2D eigenvalue weighted by Gasteiger charge is -2.30. The molecular weight excluding hydrogens is 326 g/mol. The van der Waals surface area contributed by atoms with Gasteiger partial charge >= 0.3 is 0 Å². The van der Waals surface area contributed by atoms with Crippen LogP contribution in [-0.2, 0) is 0 Å². The maximum atomic E-state index is 5.90. The zero-order chi connectivity index (χ0) is 15.7. The first-order chi connectivity index (χ1) is 9.95. The molecule has 0 heterocycles. The van der Waals surface area contributed by atoms with Crippen molar-refractivity contribution >= 4 is 15.9 Å². The van der Waals surface area contributed by atoms with Gasteiger partial charge in [-0.3, -0.25) is 0 Å². The molecule has 1 N–H and O–H groups in total. The number of benzene rings is 1. The van der Waals surface area contributed by atoms with Crippen LogP contribution in [0, 0.1) is 11.3 Å². The van der Waals surface area contributed by atoms with E-state index in [1.165, 1.54) is 12.8 Å². The maximum absolute atomic E-state index is 5.90. The van der Waals surface area contributed by atoms with Crippen molar-refractivity contribution in [2.75, 3.05) is 19.7 Å². The minimum absolute atomic E-state index is 0.315. The number of ether oxygens (including phenoxy) is 1. The van der Waals surface area contributed by atoms with Crippen LogP contribution in [0.3, 0.4) is 0 Å². The molecule has 0 saturated carbocycles.